The molecule has 0 bridgehead atoms. The first-order valence-electron chi connectivity index (χ1n) is 8.00. The molecule has 2 atom stereocenters. The van der Waals surface area contributed by atoms with Crippen LogP contribution in [0, 0.1) is 0 Å². The zero-order valence-electron chi connectivity index (χ0n) is 13.5. The number of aryl methyl sites for hydroxylation is 2. The number of hydrogen-bond donors (Lipinski definition) is 2. The monoisotopic (exact) mass is 293 g/mol. The molecule has 21 heavy (non-hydrogen) atoms. The highest BCUT2D eigenvalue weighted by Crippen LogP contribution is 2.39. The summed E-state index contributed by atoms with van der Waals surface area (Å²) in [5, 5.41) is 17.6. The number of carbonyl (C=O) groups is 1. The van der Waals surface area contributed by atoms with Gasteiger partial charge < -0.3 is 5.11 Å². The third-order valence-electron chi connectivity index (χ3n) is 4.40. The lowest BCUT2D eigenvalue weighted by Gasteiger charge is -2.28. The third kappa shape index (κ3) is 3.12. The van der Waals surface area contributed by atoms with E-state index in [2.05, 4.69) is 35.0 Å². The Bertz CT molecular complexity index is 510. The molecule has 0 aromatic carbocycles. The van der Waals surface area contributed by atoms with E-state index in [0.717, 1.165) is 25.0 Å². The molecule has 1 saturated carbocycles. The predicted octanol–water partition coefficient (Wildman–Crippen LogP) is 2.55. The first-order chi connectivity index (χ1) is 9.91. The van der Waals surface area contributed by atoms with Crippen LogP contribution in [-0.4, -0.2) is 32.4 Å². The highest BCUT2D eigenvalue weighted by atomic mass is 16.4. The molecule has 5 nitrogen and oxygen atoms in total. The molecule has 1 heterocycles. The Hall–Kier alpha value is -1.36. The van der Waals surface area contributed by atoms with Gasteiger partial charge in [0.2, 0.25) is 0 Å². The topological polar surface area (TPSA) is 67.2 Å². The lowest BCUT2D eigenvalue weighted by Crippen LogP contribution is -2.53. The molecule has 1 aliphatic rings. The lowest BCUT2D eigenvalue weighted by atomic mass is 9.96. The van der Waals surface area contributed by atoms with Gasteiger partial charge in [-0.1, -0.05) is 13.8 Å². The smallest absolute Gasteiger partial charge is 0.323 e. The Balaban J connectivity index is 2.24. The highest BCUT2D eigenvalue weighted by molar-refractivity contribution is 5.79. The fourth-order valence-corrected chi connectivity index (χ4v) is 3.41. The van der Waals surface area contributed by atoms with E-state index < -0.39 is 11.5 Å². The number of nitrogens with one attached hydrogen (secondary N) is 1. The lowest BCUT2D eigenvalue weighted by molar-refractivity contribution is -0.145. The largest absolute Gasteiger partial charge is 0.480 e. The van der Waals surface area contributed by atoms with Crippen molar-refractivity contribution in [2.75, 3.05) is 0 Å². The maximum atomic E-state index is 11.8. The van der Waals surface area contributed by atoms with Crippen LogP contribution >= 0.6 is 0 Å². The number of carboxylic acid groups (broad SMARTS) is 1. The Kier molecular flexibility index (Phi) is 4.71. The van der Waals surface area contributed by atoms with Gasteiger partial charge in [0.05, 0.1) is 11.7 Å². The summed E-state index contributed by atoms with van der Waals surface area (Å²) in [7, 11) is 0. The number of carboxylic acids is 1. The van der Waals surface area contributed by atoms with E-state index in [1.54, 1.807) is 0 Å². The average molecular weight is 293 g/mol. The summed E-state index contributed by atoms with van der Waals surface area (Å²) in [5.41, 5.74) is 1.50. The second-order valence-corrected chi connectivity index (χ2v) is 6.36. The molecule has 2 unspecified atom stereocenters. The van der Waals surface area contributed by atoms with Gasteiger partial charge in [0, 0.05) is 11.7 Å². The van der Waals surface area contributed by atoms with Gasteiger partial charge in [-0.3, -0.25) is 14.8 Å². The molecule has 0 amide bonds. The van der Waals surface area contributed by atoms with Crippen LogP contribution < -0.4 is 5.32 Å². The molecule has 2 N–H and O–H groups in total. The Morgan fingerprint density at radius 2 is 2.24 bits per heavy atom. The van der Waals surface area contributed by atoms with Crippen LogP contribution in [0.5, 0.6) is 0 Å². The van der Waals surface area contributed by atoms with E-state index >= 15 is 0 Å². The second-order valence-electron chi connectivity index (χ2n) is 6.36. The number of rotatable bonds is 6. The molecule has 1 aromatic heterocycles. The van der Waals surface area contributed by atoms with Gasteiger partial charge in [-0.05, 0) is 52.0 Å². The van der Waals surface area contributed by atoms with Crippen LogP contribution in [-0.2, 0) is 17.6 Å². The van der Waals surface area contributed by atoms with Crippen LogP contribution in [0.3, 0.4) is 0 Å². The molecule has 1 fully saturated rings. The van der Waals surface area contributed by atoms with Crippen molar-refractivity contribution in [1.82, 2.24) is 15.1 Å². The van der Waals surface area contributed by atoms with E-state index in [1.807, 2.05) is 13.8 Å². The van der Waals surface area contributed by atoms with Crippen molar-refractivity contribution in [2.45, 2.75) is 77.4 Å². The number of aromatic nitrogens is 2. The zero-order valence-corrected chi connectivity index (χ0v) is 13.5. The van der Waals surface area contributed by atoms with Gasteiger partial charge in [0.25, 0.3) is 0 Å². The molecule has 1 aromatic rings. The van der Waals surface area contributed by atoms with Crippen molar-refractivity contribution in [3.8, 4) is 0 Å². The van der Waals surface area contributed by atoms with Gasteiger partial charge >= 0.3 is 5.97 Å². The van der Waals surface area contributed by atoms with E-state index in [1.165, 1.54) is 5.69 Å². The van der Waals surface area contributed by atoms with Gasteiger partial charge in [0.1, 0.15) is 5.54 Å². The molecule has 0 saturated heterocycles. The fraction of sp³-hybridized carbons (Fsp3) is 0.750. The first kappa shape index (κ1) is 16.0. The Labute approximate surface area is 126 Å². The number of nitrogens with zero attached hydrogens (tertiary/aromatic N) is 2. The number of aliphatic carboxylic acids is 1. The minimum Gasteiger partial charge on any atom is -0.480 e. The predicted molar refractivity (Wildman–Crippen MR) is 82.5 cm³/mol. The van der Waals surface area contributed by atoms with Crippen molar-refractivity contribution in [2.24, 2.45) is 0 Å². The normalized spacial score (nSPS) is 25.7. The van der Waals surface area contributed by atoms with Crippen LogP contribution in [0.15, 0.2) is 6.07 Å². The van der Waals surface area contributed by atoms with E-state index in [9.17, 15) is 9.90 Å². The van der Waals surface area contributed by atoms with Gasteiger partial charge in [-0.2, -0.15) is 5.10 Å². The average Bonchev–Trinajstić information content (AvgIpc) is 3.02. The summed E-state index contributed by atoms with van der Waals surface area (Å²) in [6, 6.07) is 2.49. The minimum atomic E-state index is -0.803. The van der Waals surface area contributed by atoms with Crippen molar-refractivity contribution < 1.29 is 9.90 Å². The molecular weight excluding hydrogens is 266 g/mol. The Morgan fingerprint density at radius 3 is 2.76 bits per heavy atom. The highest BCUT2D eigenvalue weighted by Gasteiger charge is 2.46. The van der Waals surface area contributed by atoms with Crippen LogP contribution in [0.1, 0.15) is 64.4 Å². The maximum absolute atomic E-state index is 11.8. The summed E-state index contributed by atoms with van der Waals surface area (Å²) in [6.07, 6.45) is 3.99. The van der Waals surface area contributed by atoms with Crippen LogP contribution in [0.4, 0.5) is 0 Å². The van der Waals surface area contributed by atoms with Gasteiger partial charge in [-0.25, -0.2) is 0 Å². The van der Waals surface area contributed by atoms with Crippen LogP contribution in [0.2, 0.25) is 0 Å². The van der Waals surface area contributed by atoms with Crippen molar-refractivity contribution in [3.63, 3.8) is 0 Å². The standard InChI is InChI=1S/C16H27N3O2/c1-5-12-9-13(6-2)19(18-12)14-7-8-16(10-14,15(20)21)17-11(3)4/h9,11,14,17H,5-8,10H2,1-4H3,(H,20,21). The summed E-state index contributed by atoms with van der Waals surface area (Å²) in [6.45, 7) is 8.22. The van der Waals surface area contributed by atoms with Gasteiger partial charge in [0.15, 0.2) is 0 Å². The van der Waals surface area contributed by atoms with Crippen molar-refractivity contribution in [1.29, 1.82) is 0 Å². The SMILES string of the molecule is CCc1cc(CC)n(C2CCC(NC(C)C)(C(=O)O)C2)n1. The molecule has 1 aliphatic carbocycles. The van der Waals surface area contributed by atoms with E-state index in [-0.39, 0.29) is 12.1 Å². The molecule has 118 valence electrons. The molecule has 0 radical (unpaired) electrons. The van der Waals surface area contributed by atoms with Crippen molar-refractivity contribution >= 4 is 5.97 Å². The zero-order chi connectivity index (χ0) is 15.6. The van der Waals surface area contributed by atoms with Gasteiger partial charge in [-0.15, -0.1) is 0 Å². The maximum Gasteiger partial charge on any atom is 0.323 e. The summed E-state index contributed by atoms with van der Waals surface area (Å²) < 4.78 is 2.07. The number of hydrogen-bond acceptors (Lipinski definition) is 3. The summed E-state index contributed by atoms with van der Waals surface area (Å²) in [5.74, 6) is -0.736. The molecule has 2 rings (SSSR count). The minimum absolute atomic E-state index is 0.161. The molecular formula is C16H27N3O2. The first-order valence-corrected chi connectivity index (χ1v) is 8.00. The summed E-state index contributed by atoms with van der Waals surface area (Å²) >= 11 is 0. The van der Waals surface area contributed by atoms with Crippen molar-refractivity contribution in [3.05, 3.63) is 17.5 Å². The Morgan fingerprint density at radius 1 is 1.52 bits per heavy atom. The third-order valence-corrected chi connectivity index (χ3v) is 4.40. The van der Waals surface area contributed by atoms with E-state index in [0.29, 0.717) is 12.8 Å². The fourth-order valence-electron chi connectivity index (χ4n) is 3.41. The second kappa shape index (κ2) is 6.18. The molecule has 0 aliphatic heterocycles. The van der Waals surface area contributed by atoms with Crippen LogP contribution in [0.25, 0.3) is 0 Å². The molecule has 5 heteroatoms. The van der Waals surface area contributed by atoms with E-state index in [4.69, 9.17) is 0 Å². The summed E-state index contributed by atoms with van der Waals surface area (Å²) in [4.78, 5) is 11.8. The quantitative estimate of drug-likeness (QED) is 0.846. The molecule has 0 spiro atoms.